The van der Waals surface area contributed by atoms with E-state index in [1.54, 1.807) is 0 Å². The molecule has 0 aromatic carbocycles. The standard InChI is InChI=1S/C12H20N2O/c1-7-8(2)11(7)12(15)14-5-9-3-13-4-10(9)6-14/h7-11,13H,3-6H2,1-2H3. The first-order valence-corrected chi connectivity index (χ1v) is 6.18. The Morgan fingerprint density at radius 1 is 1.13 bits per heavy atom. The van der Waals surface area contributed by atoms with Crippen molar-refractivity contribution >= 4 is 5.91 Å². The summed E-state index contributed by atoms with van der Waals surface area (Å²) in [4.78, 5) is 14.3. The van der Waals surface area contributed by atoms with Crippen LogP contribution in [0.15, 0.2) is 0 Å². The van der Waals surface area contributed by atoms with Crippen LogP contribution in [0, 0.1) is 29.6 Å². The Labute approximate surface area is 91.2 Å². The molecule has 1 aliphatic carbocycles. The van der Waals surface area contributed by atoms with E-state index in [0.29, 0.717) is 23.7 Å². The van der Waals surface area contributed by atoms with Crippen molar-refractivity contribution in [3.63, 3.8) is 0 Å². The normalized spacial score (nSPS) is 48.1. The van der Waals surface area contributed by atoms with Gasteiger partial charge in [-0.1, -0.05) is 13.8 Å². The molecule has 3 fully saturated rings. The number of hydrogen-bond acceptors (Lipinski definition) is 2. The Morgan fingerprint density at radius 2 is 1.67 bits per heavy atom. The second-order valence-corrected chi connectivity index (χ2v) is 5.67. The van der Waals surface area contributed by atoms with Crippen molar-refractivity contribution in [2.75, 3.05) is 26.2 Å². The van der Waals surface area contributed by atoms with Gasteiger partial charge in [0.2, 0.25) is 5.91 Å². The summed E-state index contributed by atoms with van der Waals surface area (Å²) < 4.78 is 0. The van der Waals surface area contributed by atoms with E-state index in [2.05, 4.69) is 24.1 Å². The largest absolute Gasteiger partial charge is 0.342 e. The van der Waals surface area contributed by atoms with E-state index in [4.69, 9.17) is 0 Å². The van der Waals surface area contributed by atoms with Crippen molar-refractivity contribution in [2.45, 2.75) is 13.8 Å². The number of carbonyl (C=O) groups is 1. The van der Waals surface area contributed by atoms with E-state index in [1.807, 2.05) is 0 Å². The molecule has 0 bridgehead atoms. The highest BCUT2D eigenvalue weighted by molar-refractivity contribution is 5.82. The zero-order valence-corrected chi connectivity index (χ0v) is 9.57. The van der Waals surface area contributed by atoms with Crippen LogP contribution in [-0.4, -0.2) is 37.0 Å². The molecule has 3 heteroatoms. The molecule has 84 valence electrons. The van der Waals surface area contributed by atoms with E-state index in [9.17, 15) is 4.79 Å². The van der Waals surface area contributed by atoms with Crippen LogP contribution in [0.1, 0.15) is 13.8 Å². The molecule has 2 saturated heterocycles. The van der Waals surface area contributed by atoms with Crippen molar-refractivity contribution in [1.29, 1.82) is 0 Å². The summed E-state index contributed by atoms with van der Waals surface area (Å²) in [6.45, 7) is 8.64. The molecule has 15 heavy (non-hydrogen) atoms. The zero-order valence-electron chi connectivity index (χ0n) is 9.57. The Balaban J connectivity index is 1.63. The van der Waals surface area contributed by atoms with Gasteiger partial charge in [0.15, 0.2) is 0 Å². The minimum atomic E-state index is 0.344. The van der Waals surface area contributed by atoms with Crippen LogP contribution >= 0.6 is 0 Å². The minimum Gasteiger partial charge on any atom is -0.342 e. The Hall–Kier alpha value is -0.570. The minimum absolute atomic E-state index is 0.344. The molecule has 1 N–H and O–H groups in total. The maximum absolute atomic E-state index is 12.2. The first-order chi connectivity index (χ1) is 7.18. The van der Waals surface area contributed by atoms with Gasteiger partial charge in [-0.25, -0.2) is 0 Å². The first-order valence-electron chi connectivity index (χ1n) is 6.18. The smallest absolute Gasteiger partial charge is 0.226 e. The van der Waals surface area contributed by atoms with Gasteiger partial charge >= 0.3 is 0 Å². The van der Waals surface area contributed by atoms with Crippen LogP contribution in [0.5, 0.6) is 0 Å². The van der Waals surface area contributed by atoms with E-state index in [1.165, 1.54) is 0 Å². The molecule has 0 aromatic rings. The molecule has 0 radical (unpaired) electrons. The van der Waals surface area contributed by atoms with Crippen LogP contribution in [0.3, 0.4) is 0 Å². The second-order valence-electron chi connectivity index (χ2n) is 5.67. The number of rotatable bonds is 1. The molecule has 1 saturated carbocycles. The molecule has 3 rings (SSSR count). The van der Waals surface area contributed by atoms with Crippen molar-refractivity contribution in [3.05, 3.63) is 0 Å². The fourth-order valence-electron chi connectivity index (χ4n) is 3.36. The third-order valence-electron chi connectivity index (χ3n) is 4.81. The fraction of sp³-hybridized carbons (Fsp3) is 0.917. The van der Waals surface area contributed by atoms with Gasteiger partial charge in [0.1, 0.15) is 0 Å². The maximum Gasteiger partial charge on any atom is 0.226 e. The Kier molecular flexibility index (Phi) is 2.06. The maximum atomic E-state index is 12.2. The van der Waals surface area contributed by atoms with E-state index >= 15 is 0 Å². The van der Waals surface area contributed by atoms with E-state index < -0.39 is 0 Å². The van der Waals surface area contributed by atoms with Crippen molar-refractivity contribution in [3.8, 4) is 0 Å². The molecule has 4 unspecified atom stereocenters. The quantitative estimate of drug-likeness (QED) is 0.683. The van der Waals surface area contributed by atoms with Gasteiger partial charge in [0.25, 0.3) is 0 Å². The number of nitrogens with one attached hydrogen (secondary N) is 1. The van der Waals surface area contributed by atoms with Crippen molar-refractivity contribution < 1.29 is 4.79 Å². The van der Waals surface area contributed by atoms with Crippen LogP contribution < -0.4 is 5.32 Å². The first kappa shape index (κ1) is 9.64. The van der Waals surface area contributed by atoms with Gasteiger partial charge in [0.05, 0.1) is 0 Å². The molecule has 4 atom stereocenters. The summed E-state index contributed by atoms with van der Waals surface area (Å²) in [6.07, 6.45) is 0. The van der Waals surface area contributed by atoms with Crippen LogP contribution in [0.2, 0.25) is 0 Å². The highest BCUT2D eigenvalue weighted by Crippen LogP contribution is 2.47. The number of hydrogen-bond donors (Lipinski definition) is 1. The summed E-state index contributed by atoms with van der Waals surface area (Å²) in [5.41, 5.74) is 0. The summed E-state index contributed by atoms with van der Waals surface area (Å²) >= 11 is 0. The summed E-state index contributed by atoms with van der Waals surface area (Å²) in [7, 11) is 0. The summed E-state index contributed by atoms with van der Waals surface area (Å²) in [6, 6.07) is 0. The Morgan fingerprint density at radius 3 is 2.13 bits per heavy atom. The lowest BCUT2D eigenvalue weighted by molar-refractivity contribution is -0.132. The lowest BCUT2D eigenvalue weighted by atomic mass is 10.0. The number of nitrogens with zero attached hydrogens (tertiary/aromatic N) is 1. The average Bonchev–Trinajstić information content (AvgIpc) is 2.59. The molecule has 2 aliphatic heterocycles. The number of amides is 1. The Bertz CT molecular complexity index is 271. The molecule has 0 aromatic heterocycles. The molecule has 2 heterocycles. The van der Waals surface area contributed by atoms with E-state index in [0.717, 1.165) is 38.0 Å². The third-order valence-corrected chi connectivity index (χ3v) is 4.81. The second kappa shape index (κ2) is 3.21. The molecule has 1 amide bonds. The third kappa shape index (κ3) is 1.40. The monoisotopic (exact) mass is 208 g/mol. The van der Waals surface area contributed by atoms with Gasteiger partial charge in [-0.05, 0) is 23.7 Å². The van der Waals surface area contributed by atoms with E-state index in [-0.39, 0.29) is 0 Å². The van der Waals surface area contributed by atoms with Gasteiger partial charge in [-0.15, -0.1) is 0 Å². The van der Waals surface area contributed by atoms with Crippen LogP contribution in [-0.2, 0) is 4.79 Å². The van der Waals surface area contributed by atoms with Crippen LogP contribution in [0.4, 0.5) is 0 Å². The number of likely N-dealkylation sites (tertiary alicyclic amines) is 1. The van der Waals surface area contributed by atoms with Gasteiger partial charge in [-0.3, -0.25) is 4.79 Å². The summed E-state index contributed by atoms with van der Waals surface area (Å²) in [5, 5.41) is 3.41. The number of carbonyl (C=O) groups excluding carboxylic acids is 1. The zero-order chi connectivity index (χ0) is 10.6. The SMILES string of the molecule is CC1C(C)C1C(=O)N1CC2CNCC2C1. The lowest BCUT2D eigenvalue weighted by Crippen LogP contribution is -2.33. The van der Waals surface area contributed by atoms with Crippen molar-refractivity contribution in [1.82, 2.24) is 10.2 Å². The predicted molar refractivity (Wildman–Crippen MR) is 58.2 cm³/mol. The summed E-state index contributed by atoms with van der Waals surface area (Å²) in [5.74, 6) is 3.49. The number of fused-ring (bicyclic) bond motifs is 1. The molecule has 3 nitrogen and oxygen atoms in total. The van der Waals surface area contributed by atoms with Gasteiger partial charge in [0, 0.05) is 32.1 Å². The van der Waals surface area contributed by atoms with Crippen LogP contribution in [0.25, 0.3) is 0 Å². The molecule has 0 spiro atoms. The highest BCUT2D eigenvalue weighted by Gasteiger charge is 2.51. The van der Waals surface area contributed by atoms with Gasteiger partial charge < -0.3 is 10.2 Å². The topological polar surface area (TPSA) is 32.3 Å². The lowest BCUT2D eigenvalue weighted by Gasteiger charge is -2.17. The highest BCUT2D eigenvalue weighted by atomic mass is 16.2. The average molecular weight is 208 g/mol. The van der Waals surface area contributed by atoms with Gasteiger partial charge in [-0.2, -0.15) is 0 Å². The molecule has 3 aliphatic rings. The molecular weight excluding hydrogens is 188 g/mol. The van der Waals surface area contributed by atoms with Crippen molar-refractivity contribution in [2.24, 2.45) is 29.6 Å². The predicted octanol–water partition coefficient (Wildman–Crippen LogP) is 0.566. The molecular formula is C12H20N2O. The fourth-order valence-corrected chi connectivity index (χ4v) is 3.36.